The van der Waals surface area contributed by atoms with Gasteiger partial charge in [0, 0.05) is 17.8 Å². The van der Waals surface area contributed by atoms with Crippen LogP contribution in [0.2, 0.25) is 0 Å². The minimum absolute atomic E-state index is 0.0410. The second-order valence-corrected chi connectivity index (χ2v) is 14.7. The first-order valence-corrected chi connectivity index (χ1v) is 19.5. The molecule has 1 atom stereocenters. The van der Waals surface area contributed by atoms with Crippen LogP contribution in [0.4, 0.5) is 5.69 Å². The predicted molar refractivity (Wildman–Crippen MR) is 241 cm³/mol. The maximum absolute atomic E-state index is 5.24. The molecule has 9 aromatic carbocycles. The lowest BCUT2D eigenvalue weighted by Crippen LogP contribution is -2.32. The number of rotatable bonds is 5. The summed E-state index contributed by atoms with van der Waals surface area (Å²) in [5, 5.41) is 9.98. The van der Waals surface area contributed by atoms with Gasteiger partial charge in [-0.1, -0.05) is 176 Å². The fourth-order valence-electron chi connectivity index (χ4n) is 8.41. The number of fused-ring (bicyclic) bond motifs is 4. The van der Waals surface area contributed by atoms with Crippen LogP contribution in [-0.2, 0) is 0 Å². The zero-order chi connectivity index (χ0) is 37.4. The molecule has 2 nitrogen and oxygen atoms in total. The van der Waals surface area contributed by atoms with Crippen molar-refractivity contribution < 1.29 is 0 Å². The highest BCUT2D eigenvalue weighted by molar-refractivity contribution is 6.22. The third-order valence-electron chi connectivity index (χ3n) is 11.2. The number of anilines is 1. The minimum Gasteiger partial charge on any atom is -0.322 e. The second-order valence-electron chi connectivity index (χ2n) is 14.7. The number of hydrogen-bond donors (Lipinski definition) is 0. The molecule has 1 aliphatic heterocycles. The predicted octanol–water partition coefficient (Wildman–Crippen LogP) is 14.1. The van der Waals surface area contributed by atoms with E-state index in [2.05, 4.69) is 218 Å². The Morgan fingerprint density at radius 1 is 0.429 bits per heavy atom. The van der Waals surface area contributed by atoms with Crippen molar-refractivity contribution in [3.8, 4) is 33.4 Å². The number of amidine groups is 1. The smallest absolute Gasteiger partial charge is 0.136 e. The molecule has 0 fully saturated rings. The van der Waals surface area contributed by atoms with E-state index < -0.39 is 0 Å². The van der Waals surface area contributed by atoms with Gasteiger partial charge in [0.25, 0.3) is 0 Å². The lowest BCUT2D eigenvalue weighted by molar-refractivity contribution is 0.916. The average Bonchev–Trinajstić information content (AvgIpc) is 3.35. The van der Waals surface area contributed by atoms with Crippen LogP contribution in [0.25, 0.3) is 76.5 Å². The molecule has 9 aromatic rings. The Morgan fingerprint density at radius 2 is 0.946 bits per heavy atom. The first-order chi connectivity index (χ1) is 27.7. The van der Waals surface area contributed by atoms with Gasteiger partial charge in [0.2, 0.25) is 0 Å². The summed E-state index contributed by atoms with van der Waals surface area (Å²) in [7, 11) is 0. The summed E-state index contributed by atoms with van der Waals surface area (Å²) >= 11 is 0. The van der Waals surface area contributed by atoms with Gasteiger partial charge >= 0.3 is 0 Å². The minimum atomic E-state index is 0.0410. The molecule has 0 saturated heterocycles. The molecule has 1 aliphatic rings. The van der Waals surface area contributed by atoms with E-state index in [-0.39, 0.29) is 6.04 Å². The van der Waals surface area contributed by atoms with E-state index in [4.69, 9.17) is 4.99 Å². The summed E-state index contributed by atoms with van der Waals surface area (Å²) in [6.07, 6.45) is 8.57. The van der Waals surface area contributed by atoms with Gasteiger partial charge in [-0.25, -0.2) is 0 Å². The lowest BCUT2D eigenvalue weighted by atomic mass is 9.84. The number of hydrogen-bond acceptors (Lipinski definition) is 2. The fraction of sp³-hybridized carbons (Fsp3) is 0.0556. The molecular formula is C54H40N2. The van der Waals surface area contributed by atoms with E-state index in [0.29, 0.717) is 0 Å². The Hall–Kier alpha value is -7.03. The van der Waals surface area contributed by atoms with Gasteiger partial charge in [-0.05, 0) is 114 Å². The van der Waals surface area contributed by atoms with Crippen LogP contribution in [0.1, 0.15) is 12.5 Å². The van der Waals surface area contributed by atoms with Crippen molar-refractivity contribution in [3.05, 3.63) is 212 Å². The summed E-state index contributed by atoms with van der Waals surface area (Å²) in [6, 6.07) is 66.7. The van der Waals surface area contributed by atoms with Crippen molar-refractivity contribution in [3.63, 3.8) is 0 Å². The molecule has 1 heterocycles. The van der Waals surface area contributed by atoms with Gasteiger partial charge in [0.15, 0.2) is 0 Å². The molecule has 0 bridgehead atoms. The third-order valence-corrected chi connectivity index (χ3v) is 11.2. The normalized spacial score (nSPS) is 16.6. The van der Waals surface area contributed by atoms with Crippen LogP contribution in [0.15, 0.2) is 211 Å². The largest absolute Gasteiger partial charge is 0.322 e. The Kier molecular flexibility index (Phi) is 8.57. The molecule has 0 aromatic heterocycles. The standard InChI is InChI=1S/C54H40N2/c1-37-14-4-3-13-33-56(47-19-5-2-6-20-47)54(55-37)41-27-23-40(24-28-41)44-31-32-50-51(36-44)53(46-30-26-39-16-8-10-18-43(39)35-46)49-22-12-11-21-48(49)52(50)45-29-25-38-15-7-9-17-42(38)34-45/h2-32,34-37H,33H2,1H3/b13-3-,14-4-,55-54-. The van der Waals surface area contributed by atoms with Crippen LogP contribution in [-0.4, -0.2) is 18.4 Å². The Balaban J connectivity index is 1.16. The number of benzene rings is 9. The van der Waals surface area contributed by atoms with E-state index in [1.54, 1.807) is 0 Å². The molecule has 0 amide bonds. The average molecular weight is 717 g/mol. The van der Waals surface area contributed by atoms with Crippen LogP contribution in [0.3, 0.4) is 0 Å². The number of nitrogens with zero attached hydrogens (tertiary/aromatic N) is 2. The summed E-state index contributed by atoms with van der Waals surface area (Å²) in [6.45, 7) is 2.88. The Bertz CT molecular complexity index is 3010. The number of para-hydroxylation sites is 1. The molecule has 56 heavy (non-hydrogen) atoms. The first kappa shape index (κ1) is 33.5. The molecular weight excluding hydrogens is 677 g/mol. The van der Waals surface area contributed by atoms with E-state index in [1.807, 2.05) is 0 Å². The zero-order valence-electron chi connectivity index (χ0n) is 31.3. The Labute approximate surface area is 328 Å². The molecule has 2 heteroatoms. The highest BCUT2D eigenvalue weighted by Gasteiger charge is 2.20. The van der Waals surface area contributed by atoms with Crippen molar-refractivity contribution in [2.24, 2.45) is 4.99 Å². The summed E-state index contributed by atoms with van der Waals surface area (Å²) in [5.41, 5.74) is 9.55. The Morgan fingerprint density at radius 3 is 1.61 bits per heavy atom. The van der Waals surface area contributed by atoms with Gasteiger partial charge in [-0.3, -0.25) is 4.99 Å². The molecule has 0 N–H and O–H groups in total. The van der Waals surface area contributed by atoms with E-state index in [0.717, 1.165) is 23.6 Å². The van der Waals surface area contributed by atoms with Crippen LogP contribution in [0, 0.1) is 0 Å². The number of aliphatic imine (C=N–C) groups is 1. The first-order valence-electron chi connectivity index (χ1n) is 19.5. The highest BCUT2D eigenvalue weighted by Crippen LogP contribution is 2.45. The van der Waals surface area contributed by atoms with E-state index >= 15 is 0 Å². The SMILES string of the molecule is CC1/C=C\C=C/CN(c2ccccc2)/C(c2ccc(-c3ccc4c(-c5ccc6ccccc6c5)c5ccccc5c(-c5ccc6ccccc6c5)c4c3)cc2)=N\1. The van der Waals surface area contributed by atoms with Gasteiger partial charge in [-0.15, -0.1) is 0 Å². The van der Waals surface area contributed by atoms with Crippen molar-refractivity contribution in [2.75, 3.05) is 11.4 Å². The van der Waals surface area contributed by atoms with Crippen LogP contribution >= 0.6 is 0 Å². The van der Waals surface area contributed by atoms with E-state index in [1.165, 1.54) is 76.5 Å². The summed E-state index contributed by atoms with van der Waals surface area (Å²) < 4.78 is 0. The second kappa shape index (κ2) is 14.3. The fourth-order valence-corrected chi connectivity index (χ4v) is 8.41. The van der Waals surface area contributed by atoms with E-state index in [9.17, 15) is 0 Å². The summed E-state index contributed by atoms with van der Waals surface area (Å²) in [5.74, 6) is 0.968. The maximum atomic E-state index is 5.24. The van der Waals surface area contributed by atoms with Gasteiger partial charge in [0.05, 0.1) is 6.04 Å². The van der Waals surface area contributed by atoms with Gasteiger partial charge < -0.3 is 4.90 Å². The third kappa shape index (κ3) is 6.16. The molecule has 0 spiro atoms. The zero-order valence-corrected chi connectivity index (χ0v) is 31.3. The van der Waals surface area contributed by atoms with Crippen LogP contribution in [0.5, 0.6) is 0 Å². The monoisotopic (exact) mass is 716 g/mol. The van der Waals surface area contributed by atoms with Crippen molar-refractivity contribution in [2.45, 2.75) is 13.0 Å². The van der Waals surface area contributed by atoms with Gasteiger partial charge in [-0.2, -0.15) is 0 Å². The topological polar surface area (TPSA) is 15.6 Å². The van der Waals surface area contributed by atoms with Gasteiger partial charge in [0.1, 0.15) is 5.84 Å². The van der Waals surface area contributed by atoms with Crippen molar-refractivity contribution >= 4 is 54.6 Å². The molecule has 1 unspecified atom stereocenters. The lowest BCUT2D eigenvalue weighted by Gasteiger charge is -2.26. The molecule has 0 radical (unpaired) electrons. The highest BCUT2D eigenvalue weighted by atomic mass is 15.2. The van der Waals surface area contributed by atoms with Crippen molar-refractivity contribution in [1.82, 2.24) is 0 Å². The summed E-state index contributed by atoms with van der Waals surface area (Å²) in [4.78, 5) is 7.54. The quantitative estimate of drug-likeness (QED) is 0.162. The maximum Gasteiger partial charge on any atom is 0.136 e. The molecule has 266 valence electrons. The molecule has 10 rings (SSSR count). The van der Waals surface area contributed by atoms with Crippen LogP contribution < -0.4 is 4.90 Å². The number of allylic oxidation sites excluding steroid dienone is 2. The molecule has 0 aliphatic carbocycles. The molecule has 0 saturated carbocycles. The van der Waals surface area contributed by atoms with Crippen molar-refractivity contribution in [1.29, 1.82) is 0 Å².